The van der Waals surface area contributed by atoms with Crippen molar-refractivity contribution in [3.63, 3.8) is 0 Å². The van der Waals surface area contributed by atoms with E-state index in [4.69, 9.17) is 28.7 Å². The number of fused-ring (bicyclic) bond motifs is 1. The van der Waals surface area contributed by atoms with Gasteiger partial charge in [-0.2, -0.15) is 0 Å². The van der Waals surface area contributed by atoms with Gasteiger partial charge in [0.15, 0.2) is 11.9 Å². The Morgan fingerprint density at radius 2 is 1.10 bits per heavy atom. The van der Waals surface area contributed by atoms with Gasteiger partial charge in [0.1, 0.15) is 30.2 Å². The molecule has 2 unspecified atom stereocenters. The van der Waals surface area contributed by atoms with Crippen LogP contribution in [0.15, 0.2) is 70.8 Å². The maximum absolute atomic E-state index is 14.2. The molecule has 1 aromatic heterocycles. The van der Waals surface area contributed by atoms with E-state index in [1.54, 1.807) is 36.5 Å². The summed E-state index contributed by atoms with van der Waals surface area (Å²) in [5.41, 5.74) is 29.7. The Morgan fingerprint density at radius 3 is 1.68 bits per heavy atom. The minimum absolute atomic E-state index is 0.00202. The smallest absolute Gasteiger partial charge is 0.243 e. The standard InChI is InChI=1S/C41H59N15O8.C4H10/c1-23(36(61)55-31(35(42)60)19-26-20-50-28-13-7-6-12-27(26)28)52-37(62)30(15-9-17-48-41(45)46)54-39(64)32(18-25-10-4-3-5-11-25)56-38(63)29(14-8-16-47-40(43)44)53-34(59)22-51-33(58)21-49-24(2)57;1-3-4-2/h3-7,10-13,20,23,29-32,50H,8-9,14-19,21-22H2,1-2H3,(H2,42,60)(H,49,57)(H,51,58)(H,52,62)(H,53,59)(H,54,64)(H,55,61)(H,56,63)(H4,43,44,47)(H4,45,46,48);3-4H2,1-2H3/t23?,29-,30-,31-,32?;/m0./s1. The minimum Gasteiger partial charge on any atom is -0.370 e. The molecule has 0 spiro atoms. The maximum Gasteiger partial charge on any atom is 0.243 e. The number of nitrogens with two attached hydrogens (primary N) is 5. The van der Waals surface area contributed by atoms with Gasteiger partial charge < -0.3 is 70.9 Å². The first-order valence-electron chi connectivity index (χ1n) is 22.4. The minimum atomic E-state index is -1.32. The molecule has 0 saturated carbocycles. The van der Waals surface area contributed by atoms with Crippen molar-refractivity contribution >= 4 is 70.1 Å². The third-order valence-corrected chi connectivity index (χ3v) is 10.0. The van der Waals surface area contributed by atoms with Gasteiger partial charge >= 0.3 is 0 Å². The normalized spacial score (nSPS) is 12.7. The highest BCUT2D eigenvalue weighted by Gasteiger charge is 2.32. The molecule has 0 aliphatic rings. The second kappa shape index (κ2) is 30.5. The van der Waals surface area contributed by atoms with E-state index < -0.39 is 84.0 Å². The van der Waals surface area contributed by atoms with E-state index in [0.717, 1.165) is 16.5 Å². The van der Waals surface area contributed by atoms with Crippen molar-refractivity contribution in [1.82, 2.24) is 42.2 Å². The van der Waals surface area contributed by atoms with Crippen LogP contribution in [0.4, 0.5) is 0 Å². The number of nitrogens with zero attached hydrogens (tertiary/aromatic N) is 2. The second-order valence-electron chi connectivity index (χ2n) is 15.8. The van der Waals surface area contributed by atoms with Gasteiger partial charge in [0.05, 0.1) is 13.1 Å². The number of para-hydroxylation sites is 1. The van der Waals surface area contributed by atoms with E-state index in [2.05, 4.69) is 66.0 Å². The monoisotopic (exact) mass is 948 g/mol. The Balaban J connectivity index is 0.00000381. The fraction of sp³-hybridized carbons (Fsp3) is 0.467. The average Bonchev–Trinajstić information content (AvgIpc) is 3.71. The SMILES string of the molecule is CC(=O)NCC(=O)NCC(=O)N[C@@H](CCCN=C(N)N)C(=O)NC(Cc1ccccc1)C(=O)N[C@@H](CCCN=C(N)N)C(=O)NC(C)C(=O)N[C@@H](Cc1c[nH]c2ccccc12)C(N)=O.CCCC. The molecular formula is C45H69N15O8. The summed E-state index contributed by atoms with van der Waals surface area (Å²) in [6, 6.07) is 9.87. The summed E-state index contributed by atoms with van der Waals surface area (Å²) in [5.74, 6) is -6.10. The Morgan fingerprint density at radius 1 is 0.588 bits per heavy atom. The van der Waals surface area contributed by atoms with Gasteiger partial charge in [0.2, 0.25) is 47.3 Å². The van der Waals surface area contributed by atoms with Crippen LogP contribution in [-0.4, -0.2) is 121 Å². The molecule has 1 heterocycles. The molecule has 2 aromatic carbocycles. The number of benzene rings is 2. The summed E-state index contributed by atoms with van der Waals surface area (Å²) in [6.45, 7) is 6.26. The lowest BCUT2D eigenvalue weighted by Crippen LogP contribution is -2.59. The molecule has 0 saturated heterocycles. The average molecular weight is 948 g/mol. The van der Waals surface area contributed by atoms with E-state index in [0.29, 0.717) is 5.56 Å². The summed E-state index contributed by atoms with van der Waals surface area (Å²) in [5, 5.41) is 18.6. The zero-order chi connectivity index (χ0) is 50.6. The molecular weight excluding hydrogens is 879 g/mol. The van der Waals surface area contributed by atoms with E-state index in [1.807, 2.05) is 24.3 Å². The van der Waals surface area contributed by atoms with Crippen LogP contribution in [0.3, 0.4) is 0 Å². The highest BCUT2D eigenvalue weighted by molar-refractivity contribution is 5.97. The lowest BCUT2D eigenvalue weighted by atomic mass is 10.0. The third-order valence-electron chi connectivity index (χ3n) is 10.0. The zero-order valence-corrected chi connectivity index (χ0v) is 39.2. The van der Waals surface area contributed by atoms with Crippen LogP contribution in [-0.2, 0) is 51.2 Å². The van der Waals surface area contributed by atoms with E-state index >= 15 is 0 Å². The molecule has 3 rings (SSSR count). The number of hydrogen-bond acceptors (Lipinski definition) is 10. The summed E-state index contributed by atoms with van der Waals surface area (Å²) < 4.78 is 0. The van der Waals surface area contributed by atoms with Crippen molar-refractivity contribution in [1.29, 1.82) is 0 Å². The summed E-state index contributed by atoms with van der Waals surface area (Å²) in [4.78, 5) is 115. The maximum atomic E-state index is 14.2. The van der Waals surface area contributed by atoms with Crippen molar-refractivity contribution in [2.75, 3.05) is 26.2 Å². The van der Waals surface area contributed by atoms with Crippen molar-refractivity contribution in [2.45, 2.75) is 109 Å². The highest BCUT2D eigenvalue weighted by Crippen LogP contribution is 2.19. The van der Waals surface area contributed by atoms with E-state index in [9.17, 15) is 38.4 Å². The van der Waals surface area contributed by atoms with Gasteiger partial charge in [-0.1, -0.05) is 75.2 Å². The first kappa shape index (κ1) is 56.4. The van der Waals surface area contributed by atoms with Crippen molar-refractivity contribution in [3.8, 4) is 0 Å². The fourth-order valence-electron chi connectivity index (χ4n) is 6.26. The molecule has 0 bridgehead atoms. The first-order chi connectivity index (χ1) is 32.3. The molecule has 3 aromatic rings. The number of guanidine groups is 2. The molecule has 0 radical (unpaired) electrons. The molecule has 372 valence electrons. The number of aromatic amines is 1. The largest absolute Gasteiger partial charge is 0.370 e. The quantitative estimate of drug-likeness (QED) is 0.0225. The lowest BCUT2D eigenvalue weighted by molar-refractivity contribution is -0.135. The molecule has 0 fully saturated rings. The molecule has 8 amide bonds. The fourth-order valence-corrected chi connectivity index (χ4v) is 6.26. The molecule has 68 heavy (non-hydrogen) atoms. The van der Waals surface area contributed by atoms with Gasteiger partial charge in [-0.25, -0.2) is 0 Å². The van der Waals surface area contributed by atoms with Crippen LogP contribution in [0.25, 0.3) is 10.9 Å². The molecule has 23 nitrogen and oxygen atoms in total. The van der Waals surface area contributed by atoms with Gasteiger partial charge in [-0.15, -0.1) is 0 Å². The van der Waals surface area contributed by atoms with Crippen molar-refractivity contribution in [2.24, 2.45) is 38.7 Å². The van der Waals surface area contributed by atoms with Gasteiger partial charge in [-0.3, -0.25) is 48.3 Å². The lowest BCUT2D eigenvalue weighted by Gasteiger charge is -2.26. The van der Waals surface area contributed by atoms with Crippen LogP contribution >= 0.6 is 0 Å². The third kappa shape index (κ3) is 22.0. The van der Waals surface area contributed by atoms with Crippen LogP contribution < -0.4 is 65.9 Å². The molecule has 23 heteroatoms. The number of unbranched alkanes of at least 4 members (excludes halogenated alkanes) is 1. The summed E-state index contributed by atoms with van der Waals surface area (Å²) in [7, 11) is 0. The van der Waals surface area contributed by atoms with Crippen molar-refractivity contribution < 1.29 is 38.4 Å². The number of H-pyrrole nitrogens is 1. The Kier molecular flexibility index (Phi) is 25.3. The summed E-state index contributed by atoms with van der Waals surface area (Å²) in [6.07, 6.45) is 4.77. The van der Waals surface area contributed by atoms with Gasteiger partial charge in [-0.05, 0) is 49.8 Å². The van der Waals surface area contributed by atoms with Crippen LogP contribution in [0.2, 0.25) is 0 Å². The Labute approximate surface area is 395 Å². The van der Waals surface area contributed by atoms with E-state index in [-0.39, 0.29) is 70.1 Å². The number of amides is 8. The topological polar surface area (TPSA) is 391 Å². The molecule has 5 atom stereocenters. The molecule has 0 aliphatic carbocycles. The predicted molar refractivity (Wildman–Crippen MR) is 259 cm³/mol. The van der Waals surface area contributed by atoms with Crippen LogP contribution in [0, 0.1) is 0 Å². The van der Waals surface area contributed by atoms with Crippen LogP contribution in [0.5, 0.6) is 0 Å². The number of aromatic nitrogens is 1. The number of carbonyl (C=O) groups excluding carboxylic acids is 8. The highest BCUT2D eigenvalue weighted by atomic mass is 16.2. The predicted octanol–water partition coefficient (Wildman–Crippen LogP) is -1.95. The Hall–Kier alpha value is -7.72. The van der Waals surface area contributed by atoms with Crippen LogP contribution in [0.1, 0.15) is 77.3 Å². The number of primary amides is 1. The number of hydrogen-bond donors (Lipinski definition) is 13. The number of nitrogens with one attached hydrogen (secondary N) is 8. The Bertz CT molecular complexity index is 2190. The van der Waals surface area contributed by atoms with Gasteiger partial charge in [0, 0.05) is 50.0 Å². The second-order valence-corrected chi connectivity index (χ2v) is 15.8. The zero-order valence-electron chi connectivity index (χ0n) is 39.2. The molecule has 18 N–H and O–H groups in total. The molecule has 0 aliphatic heterocycles. The first-order valence-corrected chi connectivity index (χ1v) is 22.4. The van der Waals surface area contributed by atoms with Gasteiger partial charge in [0.25, 0.3) is 0 Å². The number of rotatable bonds is 27. The summed E-state index contributed by atoms with van der Waals surface area (Å²) >= 11 is 0. The number of aliphatic imine (C=N–C) groups is 2. The van der Waals surface area contributed by atoms with E-state index in [1.165, 1.54) is 26.7 Å². The van der Waals surface area contributed by atoms with Crippen molar-refractivity contribution in [3.05, 3.63) is 71.9 Å². The number of carbonyl (C=O) groups is 8.